The van der Waals surface area contributed by atoms with Gasteiger partial charge in [-0.15, -0.1) is 0 Å². The number of nitriles is 1. The first-order chi connectivity index (χ1) is 10.5. The number of carboxylic acid groups (broad SMARTS) is 1. The predicted octanol–water partition coefficient (Wildman–Crippen LogP) is 3.04. The molecule has 22 heavy (non-hydrogen) atoms. The quantitative estimate of drug-likeness (QED) is 0.856. The van der Waals surface area contributed by atoms with Gasteiger partial charge in [0.15, 0.2) is 5.78 Å². The molecule has 110 valence electrons. The van der Waals surface area contributed by atoms with Crippen LogP contribution in [-0.4, -0.2) is 16.9 Å². The second-order valence-electron chi connectivity index (χ2n) is 4.67. The SMILES string of the molecule is CC(=O)c1ccc(OCc2cccc(C(=O)O)c2)cc1C#N. The maximum absolute atomic E-state index is 11.4. The molecule has 2 aromatic carbocycles. The monoisotopic (exact) mass is 295 g/mol. The third kappa shape index (κ3) is 3.49. The molecular formula is C17H13NO4. The molecule has 2 rings (SSSR count). The van der Waals surface area contributed by atoms with Crippen molar-refractivity contribution in [2.75, 3.05) is 0 Å². The number of rotatable bonds is 5. The molecule has 0 aliphatic carbocycles. The molecule has 5 nitrogen and oxygen atoms in total. The lowest BCUT2D eigenvalue weighted by Gasteiger charge is -2.08. The number of Topliss-reactive ketones (excluding diaryl/α,β-unsaturated/α-hetero) is 1. The van der Waals surface area contributed by atoms with E-state index in [0.717, 1.165) is 0 Å². The first kappa shape index (κ1) is 15.3. The van der Waals surface area contributed by atoms with Gasteiger partial charge in [-0.1, -0.05) is 12.1 Å². The molecule has 0 saturated carbocycles. The van der Waals surface area contributed by atoms with Crippen molar-refractivity contribution in [3.05, 3.63) is 64.7 Å². The van der Waals surface area contributed by atoms with Crippen molar-refractivity contribution in [2.24, 2.45) is 0 Å². The summed E-state index contributed by atoms with van der Waals surface area (Å²) in [7, 11) is 0. The minimum Gasteiger partial charge on any atom is -0.489 e. The smallest absolute Gasteiger partial charge is 0.335 e. The highest BCUT2D eigenvalue weighted by Crippen LogP contribution is 2.19. The summed E-state index contributed by atoms with van der Waals surface area (Å²) in [4.78, 5) is 22.3. The topological polar surface area (TPSA) is 87.4 Å². The van der Waals surface area contributed by atoms with Crippen LogP contribution in [0.4, 0.5) is 0 Å². The minimum atomic E-state index is -1.00. The molecule has 0 heterocycles. The van der Waals surface area contributed by atoms with Crippen LogP contribution in [0.15, 0.2) is 42.5 Å². The standard InChI is InChI=1S/C17H13NO4/c1-11(19)16-6-5-15(8-14(16)9-18)22-10-12-3-2-4-13(7-12)17(20)21/h2-8H,10H2,1H3,(H,20,21). The number of hydrogen-bond donors (Lipinski definition) is 1. The van der Waals surface area contributed by atoms with E-state index in [1.807, 2.05) is 6.07 Å². The molecule has 0 saturated heterocycles. The number of ether oxygens (including phenoxy) is 1. The van der Waals surface area contributed by atoms with Gasteiger partial charge in [-0.3, -0.25) is 4.79 Å². The molecule has 0 aliphatic heterocycles. The lowest BCUT2D eigenvalue weighted by atomic mass is 10.1. The van der Waals surface area contributed by atoms with E-state index < -0.39 is 5.97 Å². The van der Waals surface area contributed by atoms with E-state index in [9.17, 15) is 9.59 Å². The van der Waals surface area contributed by atoms with Crippen molar-refractivity contribution in [1.82, 2.24) is 0 Å². The number of aromatic carboxylic acids is 1. The Balaban J connectivity index is 2.15. The third-order valence-corrected chi connectivity index (χ3v) is 3.07. The molecule has 2 aromatic rings. The molecule has 0 fully saturated rings. The number of carboxylic acids is 1. The molecule has 0 amide bonds. The summed E-state index contributed by atoms with van der Waals surface area (Å²) in [6.45, 7) is 1.57. The number of nitrogens with zero attached hydrogens (tertiary/aromatic N) is 1. The molecule has 0 radical (unpaired) electrons. The molecule has 0 atom stereocenters. The maximum atomic E-state index is 11.4. The summed E-state index contributed by atoms with van der Waals surface area (Å²) >= 11 is 0. The van der Waals surface area contributed by atoms with Crippen LogP contribution in [0.25, 0.3) is 0 Å². The Morgan fingerprint density at radius 3 is 2.64 bits per heavy atom. The van der Waals surface area contributed by atoms with Gasteiger partial charge in [0.2, 0.25) is 0 Å². The molecule has 0 aromatic heterocycles. The van der Waals surface area contributed by atoms with Crippen LogP contribution in [0, 0.1) is 11.3 Å². The van der Waals surface area contributed by atoms with Crippen molar-refractivity contribution >= 4 is 11.8 Å². The number of carbonyl (C=O) groups excluding carboxylic acids is 1. The molecule has 0 bridgehead atoms. The molecule has 5 heteroatoms. The van der Waals surface area contributed by atoms with E-state index in [0.29, 0.717) is 16.9 Å². The molecule has 0 unspecified atom stereocenters. The highest BCUT2D eigenvalue weighted by Gasteiger charge is 2.09. The summed E-state index contributed by atoms with van der Waals surface area (Å²) in [6.07, 6.45) is 0. The van der Waals surface area contributed by atoms with E-state index in [4.69, 9.17) is 15.1 Å². The number of carbonyl (C=O) groups is 2. The van der Waals surface area contributed by atoms with Crippen LogP contribution < -0.4 is 4.74 Å². The normalized spacial score (nSPS) is 9.82. The van der Waals surface area contributed by atoms with Crippen molar-refractivity contribution < 1.29 is 19.4 Å². The van der Waals surface area contributed by atoms with Gasteiger partial charge in [0, 0.05) is 5.56 Å². The number of ketones is 1. The first-order valence-corrected chi connectivity index (χ1v) is 6.51. The van der Waals surface area contributed by atoms with E-state index in [1.54, 1.807) is 24.3 Å². The Bertz CT molecular complexity index is 774. The highest BCUT2D eigenvalue weighted by atomic mass is 16.5. The molecule has 0 spiro atoms. The second kappa shape index (κ2) is 6.55. The first-order valence-electron chi connectivity index (χ1n) is 6.51. The second-order valence-corrected chi connectivity index (χ2v) is 4.67. The number of hydrogen-bond acceptors (Lipinski definition) is 4. The van der Waals surface area contributed by atoms with Crippen LogP contribution in [0.2, 0.25) is 0 Å². The van der Waals surface area contributed by atoms with E-state index in [1.165, 1.54) is 25.1 Å². The summed E-state index contributed by atoms with van der Waals surface area (Å²) in [5.41, 5.74) is 1.49. The van der Waals surface area contributed by atoms with Crippen LogP contribution in [0.1, 0.15) is 38.8 Å². The van der Waals surface area contributed by atoms with Crippen molar-refractivity contribution in [3.63, 3.8) is 0 Å². The largest absolute Gasteiger partial charge is 0.489 e. The number of benzene rings is 2. The van der Waals surface area contributed by atoms with Crippen molar-refractivity contribution in [1.29, 1.82) is 5.26 Å². The van der Waals surface area contributed by atoms with Gasteiger partial charge in [0.05, 0.1) is 11.1 Å². The molecule has 1 N–H and O–H groups in total. The zero-order chi connectivity index (χ0) is 16.1. The Kier molecular flexibility index (Phi) is 4.54. The maximum Gasteiger partial charge on any atom is 0.335 e. The minimum absolute atomic E-state index is 0.172. The lowest BCUT2D eigenvalue weighted by Crippen LogP contribution is -2.01. The van der Waals surface area contributed by atoms with Gasteiger partial charge in [0.25, 0.3) is 0 Å². The third-order valence-electron chi connectivity index (χ3n) is 3.07. The van der Waals surface area contributed by atoms with Crippen LogP contribution in [0.3, 0.4) is 0 Å². The van der Waals surface area contributed by atoms with Crippen LogP contribution >= 0.6 is 0 Å². The Morgan fingerprint density at radius 2 is 2.00 bits per heavy atom. The summed E-state index contributed by atoms with van der Waals surface area (Å²) < 4.78 is 5.55. The molecule has 0 aliphatic rings. The fourth-order valence-corrected chi connectivity index (χ4v) is 1.97. The Morgan fingerprint density at radius 1 is 1.23 bits per heavy atom. The summed E-state index contributed by atoms with van der Waals surface area (Å²) in [5.74, 6) is -0.737. The van der Waals surface area contributed by atoms with Crippen molar-refractivity contribution in [3.8, 4) is 11.8 Å². The zero-order valence-corrected chi connectivity index (χ0v) is 11.9. The predicted molar refractivity (Wildman–Crippen MR) is 78.9 cm³/mol. The molecular weight excluding hydrogens is 282 g/mol. The van der Waals surface area contributed by atoms with E-state index >= 15 is 0 Å². The van der Waals surface area contributed by atoms with Gasteiger partial charge in [0.1, 0.15) is 18.4 Å². The average Bonchev–Trinajstić information content (AvgIpc) is 2.52. The average molecular weight is 295 g/mol. The van der Waals surface area contributed by atoms with Gasteiger partial charge < -0.3 is 9.84 Å². The fourth-order valence-electron chi connectivity index (χ4n) is 1.97. The Hall–Kier alpha value is -3.13. The highest BCUT2D eigenvalue weighted by molar-refractivity contribution is 5.96. The van der Waals surface area contributed by atoms with Crippen LogP contribution in [-0.2, 0) is 6.61 Å². The van der Waals surface area contributed by atoms with E-state index in [2.05, 4.69) is 0 Å². The fraction of sp³-hybridized carbons (Fsp3) is 0.118. The summed E-state index contributed by atoms with van der Waals surface area (Å²) in [6, 6.07) is 13.0. The van der Waals surface area contributed by atoms with Gasteiger partial charge in [-0.25, -0.2) is 4.79 Å². The van der Waals surface area contributed by atoms with Gasteiger partial charge >= 0.3 is 5.97 Å². The zero-order valence-electron chi connectivity index (χ0n) is 11.9. The van der Waals surface area contributed by atoms with Gasteiger partial charge in [-0.2, -0.15) is 5.26 Å². The van der Waals surface area contributed by atoms with Crippen molar-refractivity contribution in [2.45, 2.75) is 13.5 Å². The van der Waals surface area contributed by atoms with Gasteiger partial charge in [-0.05, 0) is 42.8 Å². The van der Waals surface area contributed by atoms with Crippen LogP contribution in [0.5, 0.6) is 5.75 Å². The van der Waals surface area contributed by atoms with E-state index in [-0.39, 0.29) is 23.5 Å². The lowest BCUT2D eigenvalue weighted by molar-refractivity contribution is 0.0696. The summed E-state index contributed by atoms with van der Waals surface area (Å²) in [5, 5.41) is 18.0. The Labute approximate surface area is 127 Å².